The molecular weight excluding hydrogens is 353 g/mol. The highest BCUT2D eigenvalue weighted by molar-refractivity contribution is 7.99. The smallest absolute Gasteiger partial charge is 0.193 e. The number of guanidine groups is 1. The number of hydrogen-bond donors (Lipinski definition) is 1. The fourth-order valence-electron chi connectivity index (χ4n) is 2.88. The van der Waals surface area contributed by atoms with Gasteiger partial charge in [0.2, 0.25) is 0 Å². The summed E-state index contributed by atoms with van der Waals surface area (Å²) in [6, 6.07) is 6.62. The van der Waals surface area contributed by atoms with Crippen molar-refractivity contribution in [2.24, 2.45) is 4.99 Å². The minimum absolute atomic E-state index is 0.195. The lowest BCUT2D eigenvalue weighted by molar-refractivity contribution is 0.00993. The molecule has 2 rings (SSSR count). The molecule has 1 N–H and O–H groups in total. The number of thioether (sulfide) groups is 1. The third kappa shape index (κ3) is 7.51. The molecule has 0 aromatic heterocycles. The molecular formula is C19H30FN3O2S. The number of ether oxygens (including phenoxy) is 2. The first-order valence-corrected chi connectivity index (χ1v) is 10.2. The number of methoxy groups -OCH3 is 1. The van der Waals surface area contributed by atoms with Gasteiger partial charge in [-0.15, -0.1) is 11.8 Å². The third-order valence-corrected chi connectivity index (χ3v) is 5.28. The number of rotatable bonds is 9. The Bertz CT molecular complexity index is 534. The molecule has 1 fully saturated rings. The quantitative estimate of drug-likeness (QED) is 0.307. The van der Waals surface area contributed by atoms with Crippen LogP contribution >= 0.6 is 11.8 Å². The van der Waals surface area contributed by atoms with Crippen LogP contribution in [0.5, 0.6) is 0 Å². The molecule has 1 aromatic rings. The summed E-state index contributed by atoms with van der Waals surface area (Å²) in [5, 5.41) is 3.42. The number of halogens is 1. The van der Waals surface area contributed by atoms with E-state index in [1.54, 1.807) is 18.9 Å². The van der Waals surface area contributed by atoms with Crippen LogP contribution in [0.25, 0.3) is 0 Å². The van der Waals surface area contributed by atoms with Gasteiger partial charge < -0.3 is 19.7 Å². The largest absolute Gasteiger partial charge is 0.385 e. The van der Waals surface area contributed by atoms with E-state index in [1.165, 1.54) is 12.1 Å². The van der Waals surface area contributed by atoms with Gasteiger partial charge in [0.25, 0.3) is 0 Å². The van der Waals surface area contributed by atoms with Crippen molar-refractivity contribution in [1.82, 2.24) is 10.2 Å². The number of benzene rings is 1. The van der Waals surface area contributed by atoms with E-state index >= 15 is 0 Å². The van der Waals surface area contributed by atoms with Gasteiger partial charge in [-0.3, -0.25) is 4.99 Å². The average molecular weight is 384 g/mol. The summed E-state index contributed by atoms with van der Waals surface area (Å²) in [5.41, 5.74) is 0. The van der Waals surface area contributed by atoms with E-state index in [1.807, 2.05) is 19.2 Å². The lowest BCUT2D eigenvalue weighted by Gasteiger charge is -2.34. The van der Waals surface area contributed by atoms with Crippen LogP contribution in [0.3, 0.4) is 0 Å². The van der Waals surface area contributed by atoms with E-state index in [0.29, 0.717) is 6.10 Å². The van der Waals surface area contributed by atoms with Crippen molar-refractivity contribution in [2.75, 3.05) is 52.8 Å². The van der Waals surface area contributed by atoms with Gasteiger partial charge in [-0.05, 0) is 43.5 Å². The number of nitrogens with zero attached hydrogens (tertiary/aromatic N) is 2. The summed E-state index contributed by atoms with van der Waals surface area (Å²) in [6.45, 7) is 4.26. The average Bonchev–Trinajstić information content (AvgIpc) is 2.67. The monoisotopic (exact) mass is 383 g/mol. The van der Waals surface area contributed by atoms with E-state index in [2.05, 4.69) is 15.2 Å². The Morgan fingerprint density at radius 1 is 1.27 bits per heavy atom. The topological polar surface area (TPSA) is 46.1 Å². The first-order valence-electron chi connectivity index (χ1n) is 9.17. The lowest BCUT2D eigenvalue weighted by Crippen LogP contribution is -2.47. The zero-order valence-corrected chi connectivity index (χ0v) is 16.6. The summed E-state index contributed by atoms with van der Waals surface area (Å²) in [5.74, 6) is 1.66. The second-order valence-corrected chi connectivity index (χ2v) is 7.35. The Labute approximate surface area is 160 Å². The van der Waals surface area contributed by atoms with Crippen LogP contribution < -0.4 is 5.32 Å². The number of nitrogens with one attached hydrogen (secondary N) is 1. The first kappa shape index (κ1) is 21.0. The van der Waals surface area contributed by atoms with Crippen LogP contribution in [0.1, 0.15) is 19.3 Å². The second-order valence-electron chi connectivity index (χ2n) is 6.18. The van der Waals surface area contributed by atoms with Gasteiger partial charge >= 0.3 is 0 Å². The minimum atomic E-state index is -0.195. The highest BCUT2D eigenvalue weighted by Crippen LogP contribution is 2.17. The Morgan fingerprint density at radius 3 is 2.65 bits per heavy atom. The number of hydrogen-bond acceptors (Lipinski definition) is 4. The van der Waals surface area contributed by atoms with Crippen molar-refractivity contribution in [2.45, 2.75) is 30.3 Å². The number of aliphatic imine (C=N–C) groups is 1. The molecule has 1 saturated heterocycles. The molecule has 26 heavy (non-hydrogen) atoms. The minimum Gasteiger partial charge on any atom is -0.385 e. The maximum atomic E-state index is 12.9. The number of likely N-dealkylation sites (tertiary alicyclic amines) is 1. The van der Waals surface area contributed by atoms with Crippen molar-refractivity contribution in [3.63, 3.8) is 0 Å². The summed E-state index contributed by atoms with van der Waals surface area (Å²) in [7, 11) is 3.54. The molecule has 1 aromatic carbocycles. The SMILES string of the molecule is CN=C(NCCSc1ccc(F)cc1)N1CCC(OCCCOC)CC1. The third-order valence-electron chi connectivity index (χ3n) is 4.27. The van der Waals surface area contributed by atoms with Gasteiger partial charge in [0, 0.05) is 57.7 Å². The Balaban J connectivity index is 1.62. The van der Waals surface area contributed by atoms with E-state index < -0.39 is 0 Å². The van der Waals surface area contributed by atoms with Crippen LogP contribution in [0.2, 0.25) is 0 Å². The molecule has 0 saturated carbocycles. The Kier molecular flexibility index (Phi) is 9.81. The van der Waals surface area contributed by atoms with Gasteiger partial charge in [-0.2, -0.15) is 0 Å². The predicted molar refractivity (Wildman–Crippen MR) is 106 cm³/mol. The standard InChI is InChI=1S/C19H30FN3O2S/c1-21-19(22-10-15-26-18-6-4-16(20)5-7-18)23-11-8-17(9-12-23)25-14-3-13-24-2/h4-7,17H,3,8-15H2,1-2H3,(H,21,22). The second kappa shape index (κ2) is 12.1. The molecule has 0 spiro atoms. The highest BCUT2D eigenvalue weighted by atomic mass is 32.2. The summed E-state index contributed by atoms with van der Waals surface area (Å²) in [4.78, 5) is 7.76. The van der Waals surface area contributed by atoms with Crippen molar-refractivity contribution >= 4 is 17.7 Å². The molecule has 0 amide bonds. The van der Waals surface area contributed by atoms with Crippen LogP contribution in [-0.2, 0) is 9.47 Å². The maximum absolute atomic E-state index is 12.9. The van der Waals surface area contributed by atoms with E-state index in [4.69, 9.17) is 9.47 Å². The molecule has 0 aliphatic carbocycles. The molecule has 1 heterocycles. The van der Waals surface area contributed by atoms with Crippen LogP contribution in [0, 0.1) is 5.82 Å². The fourth-order valence-corrected chi connectivity index (χ4v) is 3.65. The van der Waals surface area contributed by atoms with Gasteiger partial charge in [0.05, 0.1) is 6.10 Å². The molecule has 0 bridgehead atoms. The summed E-state index contributed by atoms with van der Waals surface area (Å²) >= 11 is 1.71. The van der Waals surface area contributed by atoms with Gasteiger partial charge in [0.1, 0.15) is 5.82 Å². The molecule has 0 unspecified atom stereocenters. The Morgan fingerprint density at radius 2 is 2.00 bits per heavy atom. The zero-order valence-electron chi connectivity index (χ0n) is 15.7. The van der Waals surface area contributed by atoms with Crippen LogP contribution in [-0.4, -0.2) is 69.7 Å². The fraction of sp³-hybridized carbons (Fsp3) is 0.632. The van der Waals surface area contributed by atoms with Crippen LogP contribution in [0.4, 0.5) is 4.39 Å². The Hall–Kier alpha value is -1.31. The maximum Gasteiger partial charge on any atom is 0.193 e. The van der Waals surface area contributed by atoms with Crippen molar-refractivity contribution in [3.05, 3.63) is 30.1 Å². The predicted octanol–water partition coefficient (Wildman–Crippen LogP) is 3.01. The molecule has 0 radical (unpaired) electrons. The molecule has 1 aliphatic heterocycles. The highest BCUT2D eigenvalue weighted by Gasteiger charge is 2.21. The van der Waals surface area contributed by atoms with Crippen LogP contribution in [0.15, 0.2) is 34.2 Å². The molecule has 7 heteroatoms. The summed E-state index contributed by atoms with van der Waals surface area (Å²) in [6.07, 6.45) is 3.34. The van der Waals surface area contributed by atoms with Crippen molar-refractivity contribution in [3.8, 4) is 0 Å². The molecule has 146 valence electrons. The summed E-state index contributed by atoms with van der Waals surface area (Å²) < 4.78 is 23.9. The van der Waals surface area contributed by atoms with E-state index in [0.717, 1.165) is 68.7 Å². The first-order chi connectivity index (χ1) is 12.7. The van der Waals surface area contributed by atoms with Gasteiger partial charge in [-0.25, -0.2) is 4.39 Å². The molecule has 0 atom stereocenters. The normalized spacial score (nSPS) is 16.1. The van der Waals surface area contributed by atoms with E-state index in [9.17, 15) is 4.39 Å². The zero-order chi connectivity index (χ0) is 18.6. The van der Waals surface area contributed by atoms with Gasteiger partial charge in [-0.1, -0.05) is 0 Å². The van der Waals surface area contributed by atoms with Crippen molar-refractivity contribution < 1.29 is 13.9 Å². The van der Waals surface area contributed by atoms with E-state index in [-0.39, 0.29) is 5.82 Å². The lowest BCUT2D eigenvalue weighted by atomic mass is 10.1. The molecule has 5 nitrogen and oxygen atoms in total. The number of piperidine rings is 1. The van der Waals surface area contributed by atoms with Gasteiger partial charge in [0.15, 0.2) is 5.96 Å². The molecule has 1 aliphatic rings. The van der Waals surface area contributed by atoms with Crippen molar-refractivity contribution in [1.29, 1.82) is 0 Å².